The lowest BCUT2D eigenvalue weighted by atomic mass is 10.2. The van der Waals surface area contributed by atoms with E-state index in [9.17, 15) is 14.0 Å². The Balaban J connectivity index is 1.27. The molecule has 0 radical (unpaired) electrons. The normalized spacial score (nSPS) is 15.0. The predicted molar refractivity (Wildman–Crippen MR) is 126 cm³/mol. The lowest BCUT2D eigenvalue weighted by molar-refractivity contribution is -0.121. The van der Waals surface area contributed by atoms with Crippen LogP contribution in [0.15, 0.2) is 60.9 Å². The summed E-state index contributed by atoms with van der Waals surface area (Å²) in [4.78, 5) is 37.3. The molecule has 1 aliphatic rings. The van der Waals surface area contributed by atoms with Gasteiger partial charge in [-0.3, -0.25) is 14.5 Å². The summed E-state index contributed by atoms with van der Waals surface area (Å²) in [5.74, 6) is 0.705. The summed E-state index contributed by atoms with van der Waals surface area (Å²) in [6, 6.07) is 11.8. The molecule has 1 saturated heterocycles. The molecule has 0 spiro atoms. The van der Waals surface area contributed by atoms with Gasteiger partial charge < -0.3 is 15.0 Å². The van der Waals surface area contributed by atoms with Gasteiger partial charge in [-0.25, -0.2) is 14.4 Å². The zero-order valence-electron chi connectivity index (χ0n) is 18.4. The molecule has 0 aliphatic carbocycles. The van der Waals surface area contributed by atoms with E-state index >= 15 is 0 Å². The lowest BCUT2D eigenvalue weighted by Crippen LogP contribution is -2.54. The number of aromatic nitrogens is 2. The van der Waals surface area contributed by atoms with Crippen molar-refractivity contribution in [2.24, 2.45) is 0 Å². The third-order valence-corrected chi connectivity index (χ3v) is 5.75. The highest BCUT2D eigenvalue weighted by Gasteiger charge is 2.28. The van der Waals surface area contributed by atoms with E-state index in [1.165, 1.54) is 36.7 Å². The summed E-state index contributed by atoms with van der Waals surface area (Å²) in [6.07, 6.45) is 2.99. The van der Waals surface area contributed by atoms with Crippen LogP contribution in [0.25, 0.3) is 0 Å². The van der Waals surface area contributed by atoms with E-state index < -0.39 is 6.04 Å². The molecule has 4 rings (SSSR count). The van der Waals surface area contributed by atoms with Crippen molar-refractivity contribution >= 4 is 29.2 Å². The van der Waals surface area contributed by atoms with Gasteiger partial charge in [-0.15, -0.1) is 0 Å². The first-order valence-corrected chi connectivity index (χ1v) is 11.1. The van der Waals surface area contributed by atoms with E-state index in [0.717, 1.165) is 0 Å². The number of nitrogens with one attached hydrogen (secondary N) is 1. The van der Waals surface area contributed by atoms with Gasteiger partial charge in [0.25, 0.3) is 5.91 Å². The fourth-order valence-electron chi connectivity index (χ4n) is 3.58. The quantitative estimate of drug-likeness (QED) is 0.536. The second-order valence-corrected chi connectivity index (χ2v) is 8.18. The van der Waals surface area contributed by atoms with Crippen molar-refractivity contribution in [2.75, 3.05) is 31.5 Å². The Kier molecular flexibility index (Phi) is 7.34. The van der Waals surface area contributed by atoms with Crippen LogP contribution in [0.1, 0.15) is 17.3 Å². The Morgan fingerprint density at radius 2 is 1.74 bits per heavy atom. The van der Waals surface area contributed by atoms with Gasteiger partial charge in [0.2, 0.25) is 5.91 Å². The van der Waals surface area contributed by atoms with Crippen LogP contribution >= 0.6 is 11.6 Å². The maximum atomic E-state index is 13.0. The number of pyridine rings is 2. The topological polar surface area (TPSA) is 87.7 Å². The molecule has 1 N–H and O–H groups in total. The number of nitrogens with zero attached hydrogens (tertiary/aromatic N) is 4. The Bertz CT molecular complexity index is 1150. The van der Waals surface area contributed by atoms with Crippen LogP contribution in [0, 0.1) is 5.82 Å². The maximum Gasteiger partial charge on any atom is 0.254 e. The molecule has 1 fully saturated rings. The maximum absolute atomic E-state index is 13.0. The highest BCUT2D eigenvalue weighted by molar-refractivity contribution is 6.29. The Labute approximate surface area is 201 Å². The van der Waals surface area contributed by atoms with Crippen LogP contribution in [-0.4, -0.2) is 63.8 Å². The summed E-state index contributed by atoms with van der Waals surface area (Å²) < 4.78 is 18.6. The summed E-state index contributed by atoms with van der Waals surface area (Å²) in [6.45, 7) is 3.96. The second-order valence-electron chi connectivity index (χ2n) is 7.80. The second kappa shape index (κ2) is 10.6. The van der Waals surface area contributed by atoms with Crippen LogP contribution in [0.5, 0.6) is 11.5 Å². The number of piperazine rings is 1. The van der Waals surface area contributed by atoms with Crippen LogP contribution < -0.4 is 10.1 Å². The van der Waals surface area contributed by atoms with E-state index in [4.69, 9.17) is 16.3 Å². The number of carbonyl (C=O) groups excluding carboxylic acids is 2. The minimum absolute atomic E-state index is 0.104. The zero-order chi connectivity index (χ0) is 24.1. The van der Waals surface area contributed by atoms with Crippen molar-refractivity contribution in [3.8, 4) is 11.5 Å². The molecule has 176 valence electrons. The molecule has 0 unspecified atom stereocenters. The van der Waals surface area contributed by atoms with Crippen molar-refractivity contribution in [2.45, 2.75) is 13.0 Å². The molecule has 0 saturated carbocycles. The molecule has 10 heteroatoms. The third kappa shape index (κ3) is 5.86. The number of rotatable bonds is 6. The standard InChI is InChI=1S/C24H23ClFN5O3/c1-16(30-10-12-31(13-11-30)24(33)17-8-9-27-21(25)14-17)23(32)29-22-7-6-20(15-28-22)34-19-4-2-18(26)3-5-19/h2-9,14-16H,10-13H2,1H3,(H,28,29,32)/t16-/m0/s1. The lowest BCUT2D eigenvalue weighted by Gasteiger charge is -2.37. The van der Waals surface area contributed by atoms with Crippen molar-refractivity contribution in [1.29, 1.82) is 0 Å². The van der Waals surface area contributed by atoms with Gasteiger partial charge in [0.05, 0.1) is 12.2 Å². The fourth-order valence-corrected chi connectivity index (χ4v) is 3.75. The molecule has 34 heavy (non-hydrogen) atoms. The Hall–Kier alpha value is -3.56. The molecule has 2 aromatic heterocycles. The van der Waals surface area contributed by atoms with Gasteiger partial charge in [-0.2, -0.15) is 0 Å². The van der Waals surface area contributed by atoms with Gasteiger partial charge in [-0.1, -0.05) is 11.6 Å². The molecule has 0 bridgehead atoms. The van der Waals surface area contributed by atoms with Crippen molar-refractivity contribution in [3.63, 3.8) is 0 Å². The minimum Gasteiger partial charge on any atom is -0.456 e. The first-order chi connectivity index (χ1) is 16.4. The van der Waals surface area contributed by atoms with Crippen molar-refractivity contribution < 1.29 is 18.7 Å². The number of hydrogen-bond donors (Lipinski definition) is 1. The van der Waals surface area contributed by atoms with Gasteiger partial charge in [-0.05, 0) is 55.5 Å². The van der Waals surface area contributed by atoms with Gasteiger partial charge in [0.1, 0.15) is 28.3 Å². The SMILES string of the molecule is C[C@@H](C(=O)Nc1ccc(Oc2ccc(F)cc2)cn1)N1CCN(C(=O)c2ccnc(Cl)c2)CC1. The summed E-state index contributed by atoms with van der Waals surface area (Å²) >= 11 is 5.89. The van der Waals surface area contributed by atoms with Crippen LogP contribution in [0.3, 0.4) is 0 Å². The fraction of sp³-hybridized carbons (Fsp3) is 0.250. The molecule has 1 aromatic carbocycles. The summed E-state index contributed by atoms with van der Waals surface area (Å²) in [7, 11) is 0. The molecular formula is C24H23ClFN5O3. The number of carbonyl (C=O) groups is 2. The van der Waals surface area contributed by atoms with E-state index in [-0.39, 0.29) is 22.8 Å². The van der Waals surface area contributed by atoms with Gasteiger partial charge in [0.15, 0.2) is 0 Å². The van der Waals surface area contributed by atoms with E-state index in [1.807, 2.05) is 11.8 Å². The Morgan fingerprint density at radius 1 is 1.03 bits per heavy atom. The molecule has 1 aliphatic heterocycles. The largest absolute Gasteiger partial charge is 0.456 e. The van der Waals surface area contributed by atoms with Gasteiger partial charge >= 0.3 is 0 Å². The van der Waals surface area contributed by atoms with Gasteiger partial charge in [0, 0.05) is 37.9 Å². The molecular weight excluding hydrogens is 461 g/mol. The number of anilines is 1. The first-order valence-electron chi connectivity index (χ1n) is 10.7. The number of benzene rings is 1. The third-order valence-electron chi connectivity index (χ3n) is 5.54. The first kappa shape index (κ1) is 23.6. The van der Waals surface area contributed by atoms with E-state index in [0.29, 0.717) is 49.1 Å². The number of ether oxygens (including phenoxy) is 1. The van der Waals surface area contributed by atoms with Crippen molar-refractivity contribution in [1.82, 2.24) is 19.8 Å². The zero-order valence-corrected chi connectivity index (χ0v) is 19.2. The molecule has 3 aromatic rings. The molecule has 2 amide bonds. The van der Waals surface area contributed by atoms with Crippen molar-refractivity contribution in [3.05, 3.63) is 77.5 Å². The Morgan fingerprint density at radius 3 is 2.38 bits per heavy atom. The average Bonchev–Trinajstić information content (AvgIpc) is 2.86. The summed E-state index contributed by atoms with van der Waals surface area (Å²) in [5.41, 5.74) is 0.497. The number of amides is 2. The monoisotopic (exact) mass is 483 g/mol. The molecule has 3 heterocycles. The molecule has 8 nitrogen and oxygen atoms in total. The minimum atomic E-state index is -0.399. The predicted octanol–water partition coefficient (Wildman–Crippen LogP) is 3.85. The molecule has 1 atom stereocenters. The van der Waals surface area contributed by atoms with E-state index in [2.05, 4.69) is 15.3 Å². The highest BCUT2D eigenvalue weighted by atomic mass is 35.5. The summed E-state index contributed by atoms with van der Waals surface area (Å²) in [5, 5.41) is 3.08. The smallest absolute Gasteiger partial charge is 0.254 e. The van der Waals surface area contributed by atoms with Crippen LogP contribution in [0.2, 0.25) is 5.15 Å². The number of hydrogen-bond acceptors (Lipinski definition) is 6. The van der Waals surface area contributed by atoms with E-state index in [1.54, 1.807) is 29.2 Å². The highest BCUT2D eigenvalue weighted by Crippen LogP contribution is 2.22. The van der Waals surface area contributed by atoms with Crippen LogP contribution in [0.4, 0.5) is 10.2 Å². The van der Waals surface area contributed by atoms with Crippen LogP contribution in [-0.2, 0) is 4.79 Å². The average molecular weight is 484 g/mol. The number of halogens is 2.